The van der Waals surface area contributed by atoms with Crippen LogP contribution in [0.25, 0.3) is 0 Å². The summed E-state index contributed by atoms with van der Waals surface area (Å²) in [5, 5.41) is 22.9. The molecule has 6 atom stereocenters. The van der Waals surface area contributed by atoms with Gasteiger partial charge in [0.1, 0.15) is 5.75 Å². The van der Waals surface area contributed by atoms with Crippen molar-refractivity contribution in [2.24, 2.45) is 29.4 Å². The lowest BCUT2D eigenvalue weighted by molar-refractivity contribution is -0.181. The van der Waals surface area contributed by atoms with E-state index in [1.165, 1.54) is 4.90 Å². The molecule has 4 N–H and O–H groups in total. The summed E-state index contributed by atoms with van der Waals surface area (Å²) in [4.78, 5) is 70.1. The molecule has 11 heteroatoms. The largest absolute Gasteiger partial charge is 0.507 e. The van der Waals surface area contributed by atoms with Crippen LogP contribution in [0.2, 0.25) is 0 Å². The number of carbonyl (C=O) groups is 5. The van der Waals surface area contributed by atoms with Gasteiger partial charge in [-0.15, -0.1) is 0 Å². The first-order valence-corrected chi connectivity index (χ1v) is 14.1. The van der Waals surface area contributed by atoms with Gasteiger partial charge in [0, 0.05) is 21.6 Å². The normalized spacial score (nSPS) is 33.7. The van der Waals surface area contributed by atoms with E-state index in [0.29, 0.717) is 17.7 Å². The van der Waals surface area contributed by atoms with Gasteiger partial charge in [-0.05, 0) is 93.0 Å². The second-order valence-corrected chi connectivity index (χ2v) is 12.5. The summed E-state index contributed by atoms with van der Waals surface area (Å²) in [6.07, 6.45) is 3.62. The molecule has 38 heavy (non-hydrogen) atoms. The fourth-order valence-corrected chi connectivity index (χ4v) is 8.02. The maximum absolute atomic E-state index is 13.9. The number of nitrogens with two attached hydrogens (primary N) is 1. The molecule has 3 fully saturated rings. The number of carbonyl (C=O) groups excluding carboxylic acids is 5. The van der Waals surface area contributed by atoms with E-state index in [4.69, 9.17) is 5.73 Å². The lowest BCUT2D eigenvalue weighted by Crippen LogP contribution is -2.74. The molecule has 2 unspecified atom stereocenters. The molecule has 1 aromatic rings. The van der Waals surface area contributed by atoms with Crippen LogP contribution >= 0.6 is 22.6 Å². The number of likely N-dealkylation sites (tertiary alicyclic amines) is 1. The molecule has 0 aromatic heterocycles. The van der Waals surface area contributed by atoms with Crippen LogP contribution in [0.3, 0.4) is 0 Å². The fraction of sp³-hybridized carbons (Fsp3) is 0.593. The summed E-state index contributed by atoms with van der Waals surface area (Å²) in [5.41, 5.74) is 3.96. The SMILES string of the molecule is CN(C)[C@@H]1C(=O)C(C(N)=O)C(=O)[C@@]2(O)C(=O)C3C(=O)c4c(O)c(CN5CCCCC5)cc(I)c4C[C@H]3C[C@@H]12. The van der Waals surface area contributed by atoms with Gasteiger partial charge in [-0.3, -0.25) is 33.8 Å². The highest BCUT2D eigenvalue weighted by molar-refractivity contribution is 14.1. The Kier molecular flexibility index (Phi) is 7.02. The number of likely N-dealkylation sites (N-methyl/N-ethyl adjacent to an activating group) is 1. The number of piperidine rings is 1. The second kappa shape index (κ2) is 9.76. The Morgan fingerprint density at radius 2 is 1.82 bits per heavy atom. The number of benzene rings is 1. The number of primary amides is 1. The molecule has 1 heterocycles. The Morgan fingerprint density at radius 1 is 1.16 bits per heavy atom. The highest BCUT2D eigenvalue weighted by atomic mass is 127. The number of aromatic hydroxyl groups is 1. The summed E-state index contributed by atoms with van der Waals surface area (Å²) >= 11 is 2.15. The van der Waals surface area contributed by atoms with Gasteiger partial charge in [-0.1, -0.05) is 6.42 Å². The number of nitrogens with zero attached hydrogens (tertiary/aromatic N) is 2. The minimum atomic E-state index is -2.70. The molecule has 0 spiro atoms. The van der Waals surface area contributed by atoms with Gasteiger partial charge < -0.3 is 15.9 Å². The van der Waals surface area contributed by atoms with Gasteiger partial charge in [0.15, 0.2) is 34.7 Å². The molecule has 2 saturated carbocycles. The van der Waals surface area contributed by atoms with E-state index < -0.39 is 64.4 Å². The number of ketones is 4. The van der Waals surface area contributed by atoms with Crippen molar-refractivity contribution in [3.05, 3.63) is 26.3 Å². The van der Waals surface area contributed by atoms with Crippen LogP contribution in [0.5, 0.6) is 5.75 Å². The standard InChI is InChI=1S/C27H32IN3O7/c1-30(2)20-15-9-12-8-14-16(28)10-13(11-31-6-4-3-5-7-31)21(32)18(14)22(33)17(12)24(35)27(15,38)25(36)19(23(20)34)26(29)37/h10,12,15,17,19-20,32,38H,3-9,11H2,1-2H3,(H2,29,37)/t12-,15-,17?,19?,20-,27-/m0/s1. The van der Waals surface area contributed by atoms with E-state index in [1.807, 2.05) is 6.07 Å². The molecule has 1 amide bonds. The molecule has 1 aromatic carbocycles. The van der Waals surface area contributed by atoms with Crippen LogP contribution in [0.4, 0.5) is 0 Å². The van der Waals surface area contributed by atoms with Crippen molar-refractivity contribution < 1.29 is 34.2 Å². The van der Waals surface area contributed by atoms with Crippen molar-refractivity contribution in [2.45, 2.75) is 50.3 Å². The summed E-state index contributed by atoms with van der Waals surface area (Å²) in [7, 11) is 3.14. The smallest absolute Gasteiger partial charge is 0.235 e. The second-order valence-electron chi connectivity index (χ2n) is 11.3. The Morgan fingerprint density at radius 3 is 2.42 bits per heavy atom. The minimum absolute atomic E-state index is 0.0519. The maximum atomic E-state index is 13.9. The topological polar surface area (TPSA) is 158 Å². The van der Waals surface area contributed by atoms with Crippen LogP contribution in [-0.2, 0) is 32.1 Å². The van der Waals surface area contributed by atoms with Gasteiger partial charge >= 0.3 is 0 Å². The van der Waals surface area contributed by atoms with Gasteiger partial charge in [0.05, 0.1) is 17.5 Å². The van der Waals surface area contributed by atoms with E-state index in [2.05, 4.69) is 27.5 Å². The molecule has 4 aliphatic rings. The molecule has 0 radical (unpaired) electrons. The third-order valence-electron chi connectivity index (χ3n) is 8.93. The Balaban J connectivity index is 1.57. The minimum Gasteiger partial charge on any atom is -0.507 e. The number of aliphatic hydroxyl groups is 1. The van der Waals surface area contributed by atoms with E-state index in [1.54, 1.807) is 14.1 Å². The number of phenols is 1. The van der Waals surface area contributed by atoms with Crippen molar-refractivity contribution in [1.82, 2.24) is 9.80 Å². The number of fused-ring (bicyclic) bond motifs is 3. The van der Waals surface area contributed by atoms with Crippen molar-refractivity contribution in [1.29, 1.82) is 0 Å². The van der Waals surface area contributed by atoms with Crippen LogP contribution in [0.1, 0.15) is 47.2 Å². The number of hydrogen-bond donors (Lipinski definition) is 3. The average molecular weight is 637 g/mol. The van der Waals surface area contributed by atoms with E-state index in [-0.39, 0.29) is 24.2 Å². The Labute approximate surface area is 234 Å². The van der Waals surface area contributed by atoms with Crippen LogP contribution in [0.15, 0.2) is 6.07 Å². The Bertz CT molecular complexity index is 1260. The fourth-order valence-electron chi connectivity index (χ4n) is 7.16. The summed E-state index contributed by atoms with van der Waals surface area (Å²) in [6.45, 7) is 2.27. The van der Waals surface area contributed by atoms with Gasteiger partial charge in [0.25, 0.3) is 0 Å². The third-order valence-corrected chi connectivity index (χ3v) is 9.89. The number of phenolic OH excluding ortho intramolecular Hbond substituents is 1. The molecule has 204 valence electrons. The lowest BCUT2D eigenvalue weighted by Gasteiger charge is -2.52. The molecule has 0 bridgehead atoms. The van der Waals surface area contributed by atoms with Crippen molar-refractivity contribution in [2.75, 3.05) is 27.2 Å². The zero-order valence-corrected chi connectivity index (χ0v) is 23.6. The summed E-state index contributed by atoms with van der Waals surface area (Å²) < 4.78 is 0.802. The highest BCUT2D eigenvalue weighted by Gasteiger charge is 2.69. The van der Waals surface area contributed by atoms with E-state index >= 15 is 0 Å². The average Bonchev–Trinajstić information content (AvgIpc) is 2.84. The van der Waals surface area contributed by atoms with E-state index in [9.17, 15) is 34.2 Å². The first-order chi connectivity index (χ1) is 17.9. The van der Waals surface area contributed by atoms with Crippen molar-refractivity contribution >= 4 is 51.6 Å². The Hall–Kier alpha value is -2.22. The maximum Gasteiger partial charge on any atom is 0.235 e. The first kappa shape index (κ1) is 27.4. The monoisotopic (exact) mass is 637 g/mol. The van der Waals surface area contributed by atoms with Crippen molar-refractivity contribution in [3.8, 4) is 5.75 Å². The van der Waals surface area contributed by atoms with Gasteiger partial charge in [-0.25, -0.2) is 0 Å². The highest BCUT2D eigenvalue weighted by Crippen LogP contribution is 2.51. The molecule has 1 aliphatic heterocycles. The summed E-state index contributed by atoms with van der Waals surface area (Å²) in [6, 6.07) is 0.780. The third kappa shape index (κ3) is 3.96. The van der Waals surface area contributed by atoms with E-state index in [0.717, 1.165) is 35.9 Å². The van der Waals surface area contributed by atoms with Crippen molar-refractivity contribution in [3.63, 3.8) is 0 Å². The zero-order valence-electron chi connectivity index (χ0n) is 21.4. The molecule has 3 aliphatic carbocycles. The lowest BCUT2D eigenvalue weighted by atomic mass is 9.52. The molecular formula is C27H32IN3O7. The number of halogens is 1. The van der Waals surface area contributed by atoms with Crippen LogP contribution in [0, 0.1) is 27.2 Å². The predicted molar refractivity (Wildman–Crippen MR) is 143 cm³/mol. The van der Waals surface area contributed by atoms with Crippen LogP contribution in [-0.4, -0.2) is 87.9 Å². The molecule has 10 nitrogen and oxygen atoms in total. The quantitative estimate of drug-likeness (QED) is 0.315. The number of rotatable bonds is 4. The molecule has 5 rings (SSSR count). The molecular weight excluding hydrogens is 605 g/mol. The predicted octanol–water partition coefficient (Wildman–Crippen LogP) is 0.458. The van der Waals surface area contributed by atoms with Gasteiger partial charge in [-0.2, -0.15) is 0 Å². The number of hydrogen-bond acceptors (Lipinski definition) is 9. The first-order valence-electron chi connectivity index (χ1n) is 13.0. The molecule has 1 saturated heterocycles. The van der Waals surface area contributed by atoms with Gasteiger partial charge in [0.2, 0.25) is 5.91 Å². The number of Topliss-reactive ketones (excluding diaryl/α,β-unsaturated/α-hetero) is 4. The zero-order chi connectivity index (χ0) is 27.7. The summed E-state index contributed by atoms with van der Waals surface area (Å²) in [5.74, 6) is -10.1. The number of amides is 1. The van der Waals surface area contributed by atoms with Crippen LogP contribution < -0.4 is 5.73 Å².